The first-order chi connectivity index (χ1) is 4.88. The highest BCUT2D eigenvalue weighted by Gasteiger charge is 2.19. The van der Waals surface area contributed by atoms with Crippen LogP contribution in [0.15, 0.2) is 0 Å². The Balaban J connectivity index is 2.34. The Kier molecular flexibility index (Phi) is 3.90. The maximum atomic E-state index is 8.91. The molecular formula is C6H13IN2O. The summed E-state index contributed by atoms with van der Waals surface area (Å²) >= 11 is 2.33. The van der Waals surface area contributed by atoms with Crippen LogP contribution in [0.5, 0.6) is 0 Å². The van der Waals surface area contributed by atoms with Gasteiger partial charge in [-0.25, -0.2) is 0 Å². The average Bonchev–Trinajstić information content (AvgIpc) is 2.04. The molecule has 1 rings (SSSR count). The summed E-state index contributed by atoms with van der Waals surface area (Å²) in [4.78, 5) is 2.29. The van der Waals surface area contributed by atoms with Crippen LogP contribution in [0.2, 0.25) is 0 Å². The number of aliphatic hydroxyl groups excluding tert-OH is 1. The molecule has 1 fully saturated rings. The van der Waals surface area contributed by atoms with Gasteiger partial charge in [0.25, 0.3) is 0 Å². The van der Waals surface area contributed by atoms with Gasteiger partial charge in [-0.2, -0.15) is 0 Å². The summed E-state index contributed by atoms with van der Waals surface area (Å²) < 4.78 is 1.02. The number of nitrogens with one attached hydrogen (secondary N) is 1. The summed E-state index contributed by atoms with van der Waals surface area (Å²) in [6.07, 6.45) is 0. The van der Waals surface area contributed by atoms with Gasteiger partial charge in [0.15, 0.2) is 0 Å². The van der Waals surface area contributed by atoms with E-state index >= 15 is 0 Å². The van der Waals surface area contributed by atoms with Crippen molar-refractivity contribution in [1.29, 1.82) is 0 Å². The molecule has 0 aromatic heterocycles. The number of aliphatic hydroxyl groups is 1. The van der Waals surface area contributed by atoms with Crippen LogP contribution in [0.1, 0.15) is 0 Å². The van der Waals surface area contributed by atoms with E-state index in [-0.39, 0.29) is 6.61 Å². The van der Waals surface area contributed by atoms with E-state index in [0.717, 1.165) is 24.2 Å². The molecule has 60 valence electrons. The Labute approximate surface area is 74.9 Å². The molecule has 1 atom stereocenters. The monoisotopic (exact) mass is 256 g/mol. The van der Waals surface area contributed by atoms with Crippen molar-refractivity contribution in [2.24, 2.45) is 0 Å². The normalized spacial score (nSPS) is 28.8. The molecule has 3 nitrogen and oxygen atoms in total. The highest BCUT2D eigenvalue weighted by Crippen LogP contribution is 2.04. The molecule has 0 aliphatic carbocycles. The number of hydrogen-bond acceptors (Lipinski definition) is 3. The smallest absolute Gasteiger partial charge is 0.0599 e. The molecule has 0 spiro atoms. The summed E-state index contributed by atoms with van der Waals surface area (Å²) in [5.74, 6) is 0. The van der Waals surface area contributed by atoms with Gasteiger partial charge in [-0.15, -0.1) is 0 Å². The van der Waals surface area contributed by atoms with Crippen molar-refractivity contribution in [3.05, 3.63) is 0 Å². The fourth-order valence-corrected chi connectivity index (χ4v) is 2.04. The van der Waals surface area contributed by atoms with Crippen molar-refractivity contribution >= 4 is 22.6 Å². The molecular weight excluding hydrogens is 243 g/mol. The minimum Gasteiger partial charge on any atom is -0.395 e. The van der Waals surface area contributed by atoms with Crippen molar-refractivity contribution in [1.82, 2.24) is 10.2 Å². The summed E-state index contributed by atoms with van der Waals surface area (Å²) in [6.45, 7) is 3.32. The first-order valence-electron chi connectivity index (χ1n) is 3.50. The second kappa shape index (κ2) is 4.48. The number of hydrogen-bond donors (Lipinski definition) is 2. The fourth-order valence-electron chi connectivity index (χ4n) is 1.14. The summed E-state index contributed by atoms with van der Waals surface area (Å²) in [6, 6.07) is 0.339. The first-order valence-corrected chi connectivity index (χ1v) is 5.02. The molecule has 0 aromatic rings. The lowest BCUT2D eigenvalue weighted by Crippen LogP contribution is -2.52. The van der Waals surface area contributed by atoms with E-state index < -0.39 is 0 Å². The maximum absolute atomic E-state index is 8.91. The van der Waals surface area contributed by atoms with E-state index in [1.807, 2.05) is 0 Å². The molecule has 1 aliphatic rings. The highest BCUT2D eigenvalue weighted by atomic mass is 127. The lowest BCUT2D eigenvalue weighted by Gasteiger charge is -2.33. The zero-order chi connectivity index (χ0) is 7.40. The molecule has 0 aromatic carbocycles. The first kappa shape index (κ1) is 8.70. The van der Waals surface area contributed by atoms with Gasteiger partial charge in [0.1, 0.15) is 0 Å². The number of piperazine rings is 1. The molecule has 0 saturated carbocycles. The zero-order valence-electron chi connectivity index (χ0n) is 5.89. The molecule has 10 heavy (non-hydrogen) atoms. The van der Waals surface area contributed by atoms with E-state index in [1.54, 1.807) is 0 Å². The van der Waals surface area contributed by atoms with Crippen LogP contribution < -0.4 is 5.32 Å². The van der Waals surface area contributed by atoms with Gasteiger partial charge in [-0.05, 0) is 0 Å². The lowest BCUT2D eigenvalue weighted by molar-refractivity contribution is 0.122. The van der Waals surface area contributed by atoms with Crippen LogP contribution in [-0.4, -0.2) is 46.8 Å². The van der Waals surface area contributed by atoms with Gasteiger partial charge in [0.05, 0.1) is 11.2 Å². The SMILES string of the molecule is OCC1CNCCN1CI. The Hall–Kier alpha value is 0.610. The number of nitrogens with zero attached hydrogens (tertiary/aromatic N) is 1. The van der Waals surface area contributed by atoms with Gasteiger partial charge in [0, 0.05) is 25.7 Å². The number of alkyl halides is 1. The quantitative estimate of drug-likeness (QED) is 0.402. The van der Waals surface area contributed by atoms with Crippen LogP contribution in [-0.2, 0) is 0 Å². The Morgan fingerprint density at radius 2 is 2.50 bits per heavy atom. The molecule has 2 N–H and O–H groups in total. The van der Waals surface area contributed by atoms with Gasteiger partial charge >= 0.3 is 0 Å². The standard InChI is InChI=1S/C6H13IN2O/c7-5-9-2-1-8-3-6(9)4-10/h6,8,10H,1-5H2. The third-order valence-corrected chi connectivity index (χ3v) is 2.71. The van der Waals surface area contributed by atoms with Crippen molar-refractivity contribution in [3.8, 4) is 0 Å². The van der Waals surface area contributed by atoms with E-state index in [0.29, 0.717) is 6.04 Å². The van der Waals surface area contributed by atoms with Gasteiger partial charge < -0.3 is 10.4 Å². The summed E-state index contributed by atoms with van der Waals surface area (Å²) in [5, 5.41) is 12.2. The Bertz CT molecular complexity index is 89.7. The Morgan fingerprint density at radius 1 is 1.70 bits per heavy atom. The van der Waals surface area contributed by atoms with E-state index in [1.165, 1.54) is 0 Å². The number of halogens is 1. The van der Waals surface area contributed by atoms with Gasteiger partial charge in [0.2, 0.25) is 0 Å². The molecule has 1 unspecified atom stereocenters. The summed E-state index contributed by atoms with van der Waals surface area (Å²) in [5.41, 5.74) is 0. The molecule has 4 heteroatoms. The van der Waals surface area contributed by atoms with Crippen molar-refractivity contribution < 1.29 is 5.11 Å². The van der Waals surface area contributed by atoms with Crippen LogP contribution in [0.4, 0.5) is 0 Å². The number of rotatable bonds is 2. The minimum atomic E-state index is 0.274. The van der Waals surface area contributed by atoms with Crippen molar-refractivity contribution in [2.45, 2.75) is 6.04 Å². The van der Waals surface area contributed by atoms with Gasteiger partial charge in [-0.3, -0.25) is 4.90 Å². The topological polar surface area (TPSA) is 35.5 Å². The molecule has 0 bridgehead atoms. The summed E-state index contributed by atoms with van der Waals surface area (Å²) in [7, 11) is 0. The maximum Gasteiger partial charge on any atom is 0.0599 e. The van der Waals surface area contributed by atoms with Crippen molar-refractivity contribution in [3.63, 3.8) is 0 Å². The van der Waals surface area contributed by atoms with Crippen molar-refractivity contribution in [2.75, 3.05) is 30.8 Å². The predicted octanol–water partition coefficient (Wildman–Crippen LogP) is -0.355. The molecule has 0 radical (unpaired) electrons. The second-order valence-corrected chi connectivity index (χ2v) is 3.15. The fraction of sp³-hybridized carbons (Fsp3) is 1.00. The zero-order valence-corrected chi connectivity index (χ0v) is 8.04. The van der Waals surface area contributed by atoms with E-state index in [2.05, 4.69) is 32.8 Å². The van der Waals surface area contributed by atoms with E-state index in [9.17, 15) is 0 Å². The lowest BCUT2D eigenvalue weighted by atomic mass is 10.2. The van der Waals surface area contributed by atoms with Crippen LogP contribution in [0.3, 0.4) is 0 Å². The molecule has 0 amide bonds. The van der Waals surface area contributed by atoms with E-state index in [4.69, 9.17) is 5.11 Å². The largest absolute Gasteiger partial charge is 0.395 e. The van der Waals surface area contributed by atoms with Gasteiger partial charge in [-0.1, -0.05) is 22.6 Å². The highest BCUT2D eigenvalue weighted by molar-refractivity contribution is 14.1. The third kappa shape index (κ3) is 2.05. The Morgan fingerprint density at radius 3 is 3.00 bits per heavy atom. The molecule has 1 saturated heterocycles. The molecule has 1 heterocycles. The predicted molar refractivity (Wildman–Crippen MR) is 49.3 cm³/mol. The van der Waals surface area contributed by atoms with Crippen LogP contribution in [0, 0.1) is 0 Å². The van der Waals surface area contributed by atoms with Crippen LogP contribution >= 0.6 is 22.6 Å². The average molecular weight is 256 g/mol. The molecule has 1 aliphatic heterocycles. The second-order valence-electron chi connectivity index (χ2n) is 2.47. The third-order valence-electron chi connectivity index (χ3n) is 1.84. The minimum absolute atomic E-state index is 0.274. The van der Waals surface area contributed by atoms with Crippen LogP contribution in [0.25, 0.3) is 0 Å².